The zero-order valence-electron chi connectivity index (χ0n) is 6.33. The zero-order chi connectivity index (χ0) is 9.42. The van der Waals surface area contributed by atoms with Gasteiger partial charge in [-0.1, -0.05) is 0 Å². The van der Waals surface area contributed by atoms with E-state index in [0.717, 1.165) is 0 Å². The zero-order valence-corrected chi connectivity index (χ0v) is 7.92. The first-order chi connectivity index (χ1) is 6.24. The minimum absolute atomic E-state index is 0.161. The van der Waals surface area contributed by atoms with E-state index in [9.17, 15) is 4.39 Å². The Kier molecular flexibility index (Phi) is 1.78. The molecule has 2 aromatic heterocycles. The van der Waals surface area contributed by atoms with Gasteiger partial charge in [-0.25, -0.2) is 9.37 Å². The Morgan fingerprint density at radius 3 is 3.08 bits per heavy atom. The summed E-state index contributed by atoms with van der Waals surface area (Å²) in [5.41, 5.74) is 0.467. The Labute approximate surface area is 81.6 Å². The monoisotopic (exact) mass is 239 g/mol. The summed E-state index contributed by atoms with van der Waals surface area (Å²) in [4.78, 5) is 3.80. The normalized spacial score (nSPS) is 10.2. The van der Waals surface area contributed by atoms with Gasteiger partial charge < -0.3 is 4.40 Å². The highest BCUT2D eigenvalue weighted by atomic mass is 79.9. The van der Waals surface area contributed by atoms with Crippen LogP contribution in [-0.4, -0.2) is 9.38 Å². The molecule has 0 amide bonds. The maximum absolute atomic E-state index is 13.4. The molecule has 0 aliphatic carbocycles. The fourth-order valence-corrected chi connectivity index (χ4v) is 1.45. The molecule has 0 radical (unpaired) electrons. The first-order valence-electron chi connectivity index (χ1n) is 3.45. The van der Waals surface area contributed by atoms with Gasteiger partial charge in [0.05, 0.1) is 10.0 Å². The number of rotatable bonds is 0. The molecule has 0 atom stereocenters. The smallest absolute Gasteiger partial charge is 0.181 e. The van der Waals surface area contributed by atoms with Crippen molar-refractivity contribution in [3.63, 3.8) is 0 Å². The van der Waals surface area contributed by atoms with Crippen molar-refractivity contribution in [2.45, 2.75) is 0 Å². The summed E-state index contributed by atoms with van der Waals surface area (Å²) in [6.45, 7) is 0. The predicted molar refractivity (Wildman–Crippen MR) is 47.6 cm³/mol. The molecule has 0 fully saturated rings. The Balaban J connectivity index is 2.94. The molecule has 2 rings (SSSR count). The van der Waals surface area contributed by atoms with Crippen LogP contribution in [-0.2, 0) is 0 Å². The van der Waals surface area contributed by atoms with Crippen LogP contribution in [0, 0.1) is 17.1 Å². The maximum Gasteiger partial charge on any atom is 0.181 e. The molecule has 0 unspecified atom stereocenters. The van der Waals surface area contributed by atoms with Gasteiger partial charge in [-0.05, 0) is 15.9 Å². The van der Waals surface area contributed by atoms with Gasteiger partial charge in [0.15, 0.2) is 11.5 Å². The number of hydrogen-bond acceptors (Lipinski definition) is 2. The molecule has 0 saturated carbocycles. The molecule has 3 nitrogen and oxygen atoms in total. The standard InChI is InChI=1S/C8H3BrFN3/c9-6-5(3-11)4-13-2-1-12-8(13)7(6)10/h1-2,4H. The third-order valence-corrected chi connectivity index (χ3v) is 2.46. The van der Waals surface area contributed by atoms with Gasteiger partial charge >= 0.3 is 0 Å². The predicted octanol–water partition coefficient (Wildman–Crippen LogP) is 2.11. The quantitative estimate of drug-likeness (QED) is 0.707. The molecule has 0 aliphatic rings. The summed E-state index contributed by atoms with van der Waals surface area (Å²) in [6, 6.07) is 1.88. The van der Waals surface area contributed by atoms with Crippen LogP contribution in [0.5, 0.6) is 0 Å². The molecule has 2 aromatic rings. The van der Waals surface area contributed by atoms with E-state index in [2.05, 4.69) is 20.9 Å². The van der Waals surface area contributed by atoms with Gasteiger partial charge in [0.1, 0.15) is 6.07 Å². The lowest BCUT2D eigenvalue weighted by molar-refractivity contribution is 0.622. The van der Waals surface area contributed by atoms with E-state index in [1.807, 2.05) is 6.07 Å². The van der Waals surface area contributed by atoms with E-state index in [4.69, 9.17) is 5.26 Å². The molecule has 0 aliphatic heterocycles. The average Bonchev–Trinajstić information content (AvgIpc) is 2.59. The van der Waals surface area contributed by atoms with E-state index < -0.39 is 5.82 Å². The number of imidazole rings is 1. The molecule has 0 bridgehead atoms. The largest absolute Gasteiger partial charge is 0.303 e. The fraction of sp³-hybridized carbons (Fsp3) is 0. The summed E-state index contributed by atoms with van der Waals surface area (Å²) in [5.74, 6) is -0.510. The van der Waals surface area contributed by atoms with E-state index in [-0.39, 0.29) is 15.7 Å². The minimum Gasteiger partial charge on any atom is -0.303 e. The molecular weight excluding hydrogens is 237 g/mol. The molecular formula is C8H3BrFN3. The van der Waals surface area contributed by atoms with Crippen molar-refractivity contribution < 1.29 is 4.39 Å². The van der Waals surface area contributed by atoms with E-state index in [1.54, 1.807) is 6.20 Å². The molecule has 0 spiro atoms. The average molecular weight is 240 g/mol. The van der Waals surface area contributed by atoms with Crippen molar-refractivity contribution in [2.24, 2.45) is 0 Å². The first-order valence-corrected chi connectivity index (χ1v) is 4.24. The number of nitriles is 1. The number of fused-ring (bicyclic) bond motifs is 1. The Hall–Kier alpha value is -1.41. The van der Waals surface area contributed by atoms with Crippen LogP contribution in [0.4, 0.5) is 4.39 Å². The Bertz CT molecular complexity index is 512. The molecule has 2 heterocycles. The van der Waals surface area contributed by atoms with Crippen molar-refractivity contribution >= 4 is 21.6 Å². The van der Waals surface area contributed by atoms with Gasteiger partial charge in [0.25, 0.3) is 0 Å². The lowest BCUT2D eigenvalue weighted by Gasteiger charge is -1.99. The molecule has 0 N–H and O–H groups in total. The second-order valence-electron chi connectivity index (χ2n) is 2.44. The van der Waals surface area contributed by atoms with E-state index in [0.29, 0.717) is 0 Å². The summed E-state index contributed by atoms with van der Waals surface area (Å²) in [5, 5.41) is 8.66. The lowest BCUT2D eigenvalue weighted by Crippen LogP contribution is -1.93. The van der Waals surface area contributed by atoms with Crippen LogP contribution >= 0.6 is 15.9 Å². The molecule has 13 heavy (non-hydrogen) atoms. The van der Waals surface area contributed by atoms with Crippen LogP contribution in [0.1, 0.15) is 5.56 Å². The summed E-state index contributed by atoms with van der Waals surface area (Å²) >= 11 is 3.00. The van der Waals surface area contributed by atoms with Crippen LogP contribution < -0.4 is 0 Å². The Morgan fingerprint density at radius 2 is 2.38 bits per heavy atom. The summed E-state index contributed by atoms with van der Waals surface area (Å²) in [7, 11) is 0. The SMILES string of the molecule is N#Cc1cn2ccnc2c(F)c1Br. The van der Waals surface area contributed by atoms with Crippen LogP contribution in [0.25, 0.3) is 5.65 Å². The highest BCUT2D eigenvalue weighted by Crippen LogP contribution is 2.22. The maximum atomic E-state index is 13.4. The van der Waals surface area contributed by atoms with E-state index in [1.165, 1.54) is 16.8 Å². The van der Waals surface area contributed by atoms with Crippen molar-refractivity contribution in [1.29, 1.82) is 5.26 Å². The lowest BCUT2D eigenvalue weighted by atomic mass is 10.3. The van der Waals surface area contributed by atoms with E-state index >= 15 is 0 Å². The van der Waals surface area contributed by atoms with Crippen molar-refractivity contribution in [3.8, 4) is 6.07 Å². The van der Waals surface area contributed by atoms with Crippen LogP contribution in [0.2, 0.25) is 0 Å². The van der Waals surface area contributed by atoms with Crippen LogP contribution in [0.15, 0.2) is 23.1 Å². The van der Waals surface area contributed by atoms with Crippen LogP contribution in [0.3, 0.4) is 0 Å². The number of nitrogens with zero attached hydrogens (tertiary/aromatic N) is 3. The van der Waals surface area contributed by atoms with Gasteiger partial charge in [0, 0.05) is 18.6 Å². The number of aromatic nitrogens is 2. The van der Waals surface area contributed by atoms with Gasteiger partial charge in [0.2, 0.25) is 0 Å². The number of pyridine rings is 1. The first kappa shape index (κ1) is 8.20. The molecule has 5 heteroatoms. The second kappa shape index (κ2) is 2.82. The second-order valence-corrected chi connectivity index (χ2v) is 3.23. The van der Waals surface area contributed by atoms with Crippen molar-refractivity contribution in [2.75, 3.05) is 0 Å². The molecule has 0 saturated heterocycles. The van der Waals surface area contributed by atoms with Crippen molar-refractivity contribution in [3.05, 3.63) is 34.4 Å². The Morgan fingerprint density at radius 1 is 1.62 bits per heavy atom. The van der Waals surface area contributed by atoms with Gasteiger partial charge in [-0.15, -0.1) is 0 Å². The fourth-order valence-electron chi connectivity index (χ4n) is 1.08. The van der Waals surface area contributed by atoms with Gasteiger partial charge in [-0.2, -0.15) is 5.26 Å². The minimum atomic E-state index is -0.510. The van der Waals surface area contributed by atoms with Crippen molar-refractivity contribution in [1.82, 2.24) is 9.38 Å². The summed E-state index contributed by atoms with van der Waals surface area (Å²) in [6.07, 6.45) is 4.59. The third kappa shape index (κ3) is 1.11. The summed E-state index contributed by atoms with van der Waals surface area (Å²) < 4.78 is 15.0. The van der Waals surface area contributed by atoms with Gasteiger partial charge in [-0.3, -0.25) is 0 Å². The topological polar surface area (TPSA) is 41.1 Å². The number of halogens is 2. The highest BCUT2D eigenvalue weighted by Gasteiger charge is 2.11. The third-order valence-electron chi connectivity index (χ3n) is 1.68. The highest BCUT2D eigenvalue weighted by molar-refractivity contribution is 9.10. The number of hydrogen-bond donors (Lipinski definition) is 0. The molecule has 64 valence electrons. The molecule has 0 aromatic carbocycles.